The second-order valence-corrected chi connectivity index (χ2v) is 7.93. The van der Waals surface area contributed by atoms with Crippen LogP contribution in [0.25, 0.3) is 0 Å². The van der Waals surface area contributed by atoms with E-state index in [0.717, 1.165) is 17.7 Å². The maximum atomic E-state index is 13.0. The van der Waals surface area contributed by atoms with Crippen molar-refractivity contribution >= 4 is 17.5 Å². The number of rotatable bonds is 9. The minimum absolute atomic E-state index is 0.104. The molecule has 1 saturated heterocycles. The van der Waals surface area contributed by atoms with Gasteiger partial charge in [0.1, 0.15) is 18.4 Å². The van der Waals surface area contributed by atoms with Crippen molar-refractivity contribution in [1.29, 1.82) is 0 Å². The van der Waals surface area contributed by atoms with E-state index in [2.05, 4.69) is 5.32 Å². The fourth-order valence-electron chi connectivity index (χ4n) is 3.92. The van der Waals surface area contributed by atoms with Crippen molar-refractivity contribution < 1.29 is 19.1 Å². The Labute approximate surface area is 194 Å². The predicted octanol–water partition coefficient (Wildman–Crippen LogP) is 4.53. The molecule has 1 unspecified atom stereocenters. The maximum absolute atomic E-state index is 13.0. The highest BCUT2D eigenvalue weighted by Crippen LogP contribution is 2.22. The van der Waals surface area contributed by atoms with Crippen molar-refractivity contribution in [2.75, 3.05) is 25.1 Å². The normalized spacial score (nSPS) is 15.3. The number of nitrogens with one attached hydrogen (secondary N) is 1. The molecule has 1 aliphatic rings. The van der Waals surface area contributed by atoms with Crippen LogP contribution < -0.4 is 10.1 Å². The SMILES string of the molecule is O=C(Nc1cccc(COCCOc2ccccc2)c1)C1CCCN1C(=O)c1ccccc1. The molecule has 6 heteroatoms. The second kappa shape index (κ2) is 11.3. The molecule has 6 nitrogen and oxygen atoms in total. The second-order valence-electron chi connectivity index (χ2n) is 7.93. The van der Waals surface area contributed by atoms with Crippen LogP contribution in [0.3, 0.4) is 0 Å². The van der Waals surface area contributed by atoms with E-state index < -0.39 is 6.04 Å². The van der Waals surface area contributed by atoms with Crippen molar-refractivity contribution in [3.63, 3.8) is 0 Å². The third-order valence-corrected chi connectivity index (χ3v) is 5.54. The van der Waals surface area contributed by atoms with Gasteiger partial charge in [-0.1, -0.05) is 48.5 Å². The molecule has 0 saturated carbocycles. The number of para-hydroxylation sites is 1. The van der Waals surface area contributed by atoms with Gasteiger partial charge in [-0.25, -0.2) is 0 Å². The molecule has 0 radical (unpaired) electrons. The van der Waals surface area contributed by atoms with E-state index in [1.807, 2.05) is 72.8 Å². The average Bonchev–Trinajstić information content (AvgIpc) is 3.35. The molecular weight excluding hydrogens is 416 g/mol. The molecule has 170 valence electrons. The Hall–Kier alpha value is -3.64. The summed E-state index contributed by atoms with van der Waals surface area (Å²) >= 11 is 0. The Morgan fingerprint density at radius 3 is 2.45 bits per heavy atom. The highest BCUT2D eigenvalue weighted by Gasteiger charge is 2.34. The molecule has 0 aliphatic carbocycles. The van der Waals surface area contributed by atoms with Crippen molar-refractivity contribution in [2.24, 2.45) is 0 Å². The molecule has 1 atom stereocenters. The van der Waals surface area contributed by atoms with Crippen LogP contribution in [-0.2, 0) is 16.1 Å². The van der Waals surface area contributed by atoms with Gasteiger partial charge in [0.2, 0.25) is 5.91 Å². The first-order chi connectivity index (χ1) is 16.2. The summed E-state index contributed by atoms with van der Waals surface area (Å²) in [6.07, 6.45) is 1.48. The van der Waals surface area contributed by atoms with E-state index in [4.69, 9.17) is 9.47 Å². The third-order valence-electron chi connectivity index (χ3n) is 5.54. The molecule has 1 N–H and O–H groups in total. The molecule has 33 heavy (non-hydrogen) atoms. The fraction of sp³-hybridized carbons (Fsp3) is 0.259. The first-order valence-corrected chi connectivity index (χ1v) is 11.2. The third kappa shape index (κ3) is 6.20. The molecular formula is C27H28N2O4. The molecule has 4 rings (SSSR count). The minimum Gasteiger partial charge on any atom is -0.491 e. The monoisotopic (exact) mass is 444 g/mol. The van der Waals surface area contributed by atoms with E-state index in [1.165, 1.54) is 0 Å². The highest BCUT2D eigenvalue weighted by atomic mass is 16.5. The lowest BCUT2D eigenvalue weighted by molar-refractivity contribution is -0.119. The van der Waals surface area contributed by atoms with Crippen molar-refractivity contribution in [3.8, 4) is 5.75 Å². The molecule has 1 fully saturated rings. The predicted molar refractivity (Wildman–Crippen MR) is 127 cm³/mol. The molecule has 2 amide bonds. The summed E-state index contributed by atoms with van der Waals surface area (Å²) in [4.78, 5) is 27.5. The Bertz CT molecular complexity index is 1060. The van der Waals surface area contributed by atoms with Gasteiger partial charge >= 0.3 is 0 Å². The first kappa shape index (κ1) is 22.6. The van der Waals surface area contributed by atoms with Gasteiger partial charge < -0.3 is 19.7 Å². The van der Waals surface area contributed by atoms with Gasteiger partial charge in [-0.3, -0.25) is 9.59 Å². The van der Waals surface area contributed by atoms with Gasteiger partial charge in [0.25, 0.3) is 5.91 Å². The van der Waals surface area contributed by atoms with Crippen LogP contribution in [0, 0.1) is 0 Å². The van der Waals surface area contributed by atoms with E-state index >= 15 is 0 Å². The first-order valence-electron chi connectivity index (χ1n) is 11.2. The zero-order valence-electron chi connectivity index (χ0n) is 18.5. The van der Waals surface area contributed by atoms with E-state index in [9.17, 15) is 9.59 Å². The maximum Gasteiger partial charge on any atom is 0.254 e. The van der Waals surface area contributed by atoms with Gasteiger partial charge in [0, 0.05) is 17.8 Å². The van der Waals surface area contributed by atoms with Crippen LogP contribution in [0.4, 0.5) is 5.69 Å². The van der Waals surface area contributed by atoms with Crippen LogP contribution >= 0.6 is 0 Å². The van der Waals surface area contributed by atoms with Crippen molar-refractivity contribution in [3.05, 3.63) is 96.1 Å². The van der Waals surface area contributed by atoms with Gasteiger partial charge in [-0.05, 0) is 54.8 Å². The molecule has 1 heterocycles. The number of nitrogens with zero attached hydrogens (tertiary/aromatic N) is 1. The number of hydrogen-bond acceptors (Lipinski definition) is 4. The van der Waals surface area contributed by atoms with Crippen LogP contribution in [0.15, 0.2) is 84.9 Å². The molecule has 0 spiro atoms. The quantitative estimate of drug-likeness (QED) is 0.493. The smallest absolute Gasteiger partial charge is 0.254 e. The van der Waals surface area contributed by atoms with Gasteiger partial charge in [-0.2, -0.15) is 0 Å². The number of hydrogen-bond donors (Lipinski definition) is 1. The summed E-state index contributed by atoms with van der Waals surface area (Å²) in [6.45, 7) is 1.94. The summed E-state index contributed by atoms with van der Waals surface area (Å²) < 4.78 is 11.3. The lowest BCUT2D eigenvalue weighted by Crippen LogP contribution is -2.43. The van der Waals surface area contributed by atoms with Gasteiger partial charge in [0.15, 0.2) is 0 Å². The number of anilines is 1. The molecule has 0 bridgehead atoms. The summed E-state index contributed by atoms with van der Waals surface area (Å²) in [6, 6.07) is 25.8. The number of amides is 2. The van der Waals surface area contributed by atoms with Crippen LogP contribution in [0.2, 0.25) is 0 Å². The lowest BCUT2D eigenvalue weighted by atomic mass is 10.1. The average molecular weight is 445 g/mol. The lowest BCUT2D eigenvalue weighted by Gasteiger charge is -2.24. The number of benzene rings is 3. The summed E-state index contributed by atoms with van der Waals surface area (Å²) in [5.41, 5.74) is 2.25. The molecule has 0 aromatic heterocycles. The molecule has 3 aromatic carbocycles. The Balaban J connectivity index is 1.27. The minimum atomic E-state index is -0.465. The summed E-state index contributed by atoms with van der Waals surface area (Å²) in [5.74, 6) is 0.553. The summed E-state index contributed by atoms with van der Waals surface area (Å²) in [5, 5.41) is 2.97. The number of likely N-dealkylation sites (tertiary alicyclic amines) is 1. The van der Waals surface area contributed by atoms with Gasteiger partial charge in [-0.15, -0.1) is 0 Å². The van der Waals surface area contributed by atoms with Crippen molar-refractivity contribution in [2.45, 2.75) is 25.5 Å². The number of carbonyl (C=O) groups is 2. The van der Waals surface area contributed by atoms with Crippen LogP contribution in [0.5, 0.6) is 5.75 Å². The molecule has 1 aliphatic heterocycles. The molecule has 3 aromatic rings. The summed E-state index contributed by atoms with van der Waals surface area (Å²) in [7, 11) is 0. The van der Waals surface area contributed by atoms with E-state index in [0.29, 0.717) is 44.0 Å². The van der Waals surface area contributed by atoms with Gasteiger partial charge in [0.05, 0.1) is 13.2 Å². The van der Waals surface area contributed by atoms with Crippen LogP contribution in [0.1, 0.15) is 28.8 Å². The van der Waals surface area contributed by atoms with E-state index in [-0.39, 0.29) is 11.8 Å². The van der Waals surface area contributed by atoms with E-state index in [1.54, 1.807) is 17.0 Å². The highest BCUT2D eigenvalue weighted by molar-refractivity contribution is 6.01. The number of ether oxygens (including phenoxy) is 2. The Kier molecular flexibility index (Phi) is 7.72. The largest absolute Gasteiger partial charge is 0.491 e. The Morgan fingerprint density at radius 1 is 0.909 bits per heavy atom. The zero-order valence-corrected chi connectivity index (χ0v) is 18.5. The van der Waals surface area contributed by atoms with Crippen LogP contribution in [-0.4, -0.2) is 42.5 Å². The van der Waals surface area contributed by atoms with Crippen molar-refractivity contribution in [1.82, 2.24) is 4.90 Å². The topological polar surface area (TPSA) is 67.9 Å². The number of carbonyl (C=O) groups excluding carboxylic acids is 2. The fourth-order valence-corrected chi connectivity index (χ4v) is 3.92. The zero-order chi connectivity index (χ0) is 22.9. The Morgan fingerprint density at radius 2 is 1.67 bits per heavy atom. The standard InChI is InChI=1S/C27H28N2O4/c30-26(25-15-8-16-29(25)27(31)22-10-3-1-4-11-22)28-23-12-7-9-21(19-23)20-32-17-18-33-24-13-5-2-6-14-24/h1-7,9-14,19,25H,8,15-18,20H2,(H,28,30).